The number of amides is 1. The first-order valence-electron chi connectivity index (χ1n) is 6.22. The van der Waals surface area contributed by atoms with Gasteiger partial charge in [-0.15, -0.1) is 0 Å². The number of aryl methyl sites for hydroxylation is 1. The summed E-state index contributed by atoms with van der Waals surface area (Å²) in [5.41, 5.74) is -0.126. The van der Waals surface area contributed by atoms with Crippen molar-refractivity contribution < 1.29 is 14.6 Å². The molecule has 19 heavy (non-hydrogen) atoms. The molecule has 0 aliphatic heterocycles. The van der Waals surface area contributed by atoms with E-state index in [0.717, 1.165) is 0 Å². The number of ether oxygens (including phenoxy) is 1. The smallest absolute Gasteiger partial charge is 0.250 e. The predicted molar refractivity (Wildman–Crippen MR) is 70.8 cm³/mol. The summed E-state index contributed by atoms with van der Waals surface area (Å²) in [6.45, 7) is 0.689. The van der Waals surface area contributed by atoms with Gasteiger partial charge in [0.05, 0.1) is 12.6 Å². The highest BCUT2D eigenvalue weighted by atomic mass is 16.5. The number of aliphatic hydroxyl groups excluding tert-OH is 1. The summed E-state index contributed by atoms with van der Waals surface area (Å²) >= 11 is 0. The molecule has 6 nitrogen and oxygen atoms in total. The van der Waals surface area contributed by atoms with Crippen molar-refractivity contribution in [2.45, 2.75) is 25.4 Å². The van der Waals surface area contributed by atoms with Crippen LogP contribution >= 0.6 is 0 Å². The maximum absolute atomic E-state index is 11.7. The van der Waals surface area contributed by atoms with E-state index in [0.29, 0.717) is 19.6 Å². The molecule has 0 saturated heterocycles. The molecule has 1 heterocycles. The van der Waals surface area contributed by atoms with Gasteiger partial charge in [-0.2, -0.15) is 0 Å². The first-order chi connectivity index (χ1) is 9.17. The molecular formula is C13H20N2O4. The molecule has 6 heteroatoms. The number of methoxy groups -OCH3 is 1. The molecule has 0 bridgehead atoms. The van der Waals surface area contributed by atoms with Gasteiger partial charge in [0.15, 0.2) is 0 Å². The van der Waals surface area contributed by atoms with Crippen molar-refractivity contribution in [3.05, 3.63) is 34.7 Å². The highest BCUT2D eigenvalue weighted by molar-refractivity contribution is 5.76. The fraction of sp³-hybridized carbons (Fsp3) is 0.538. The van der Waals surface area contributed by atoms with Crippen LogP contribution in [0.3, 0.4) is 0 Å². The number of aromatic nitrogens is 1. The van der Waals surface area contributed by atoms with Crippen LogP contribution in [0.5, 0.6) is 0 Å². The van der Waals surface area contributed by atoms with Gasteiger partial charge in [0.1, 0.15) is 0 Å². The van der Waals surface area contributed by atoms with Crippen molar-refractivity contribution in [2.24, 2.45) is 0 Å². The zero-order chi connectivity index (χ0) is 14.1. The summed E-state index contributed by atoms with van der Waals surface area (Å²) in [4.78, 5) is 23.2. The minimum Gasteiger partial charge on any atom is -0.396 e. The number of hydrogen-bond donors (Lipinski definition) is 2. The third-order valence-corrected chi connectivity index (χ3v) is 2.69. The molecule has 106 valence electrons. The number of carbonyl (C=O) groups excluding carboxylic acids is 1. The van der Waals surface area contributed by atoms with Gasteiger partial charge < -0.3 is 19.7 Å². The standard InChI is InChI=1S/C13H20N2O4/c1-19-10-11(6-9-16)14-12(17)5-8-15-7-3-2-4-13(15)18/h2-4,7,11,16H,5-6,8-10H2,1H3,(H,14,17). The highest BCUT2D eigenvalue weighted by Crippen LogP contribution is 1.95. The largest absolute Gasteiger partial charge is 0.396 e. The van der Waals surface area contributed by atoms with Crippen molar-refractivity contribution in [3.63, 3.8) is 0 Å². The molecule has 1 aromatic rings. The Morgan fingerprint density at radius 2 is 2.32 bits per heavy atom. The van der Waals surface area contributed by atoms with E-state index in [-0.39, 0.29) is 30.5 Å². The molecule has 1 unspecified atom stereocenters. The summed E-state index contributed by atoms with van der Waals surface area (Å²) in [7, 11) is 1.54. The highest BCUT2D eigenvalue weighted by Gasteiger charge is 2.11. The number of pyridine rings is 1. The van der Waals surface area contributed by atoms with Gasteiger partial charge >= 0.3 is 0 Å². The molecule has 0 radical (unpaired) electrons. The lowest BCUT2D eigenvalue weighted by Gasteiger charge is -2.16. The van der Waals surface area contributed by atoms with Gasteiger partial charge in [0.25, 0.3) is 5.56 Å². The SMILES string of the molecule is COCC(CCO)NC(=O)CCn1ccccc1=O. The summed E-state index contributed by atoms with van der Waals surface area (Å²) in [6.07, 6.45) is 2.32. The minimum atomic E-state index is -0.199. The maximum Gasteiger partial charge on any atom is 0.250 e. The van der Waals surface area contributed by atoms with Gasteiger partial charge in [-0.3, -0.25) is 9.59 Å². The second kappa shape index (κ2) is 8.44. The normalized spacial score (nSPS) is 12.1. The Hall–Kier alpha value is -1.66. The molecule has 1 atom stereocenters. The molecule has 0 saturated carbocycles. The molecule has 0 spiro atoms. The summed E-state index contributed by atoms with van der Waals surface area (Å²) in [6, 6.07) is 4.67. The second-order valence-corrected chi connectivity index (χ2v) is 4.21. The minimum absolute atomic E-state index is 0.00749. The van der Waals surface area contributed by atoms with E-state index in [4.69, 9.17) is 9.84 Å². The van der Waals surface area contributed by atoms with Crippen LogP contribution in [0.4, 0.5) is 0 Å². The summed E-state index contributed by atoms with van der Waals surface area (Å²) < 4.78 is 6.44. The lowest BCUT2D eigenvalue weighted by atomic mass is 10.2. The molecule has 0 fully saturated rings. The lowest BCUT2D eigenvalue weighted by Crippen LogP contribution is -2.39. The molecular weight excluding hydrogens is 248 g/mol. The van der Waals surface area contributed by atoms with E-state index in [1.807, 2.05) is 0 Å². The molecule has 0 aliphatic rings. The number of carbonyl (C=O) groups is 1. The second-order valence-electron chi connectivity index (χ2n) is 4.21. The van der Waals surface area contributed by atoms with E-state index < -0.39 is 0 Å². The van der Waals surface area contributed by atoms with Gasteiger partial charge in [0, 0.05) is 38.9 Å². The average molecular weight is 268 g/mol. The Balaban J connectivity index is 2.42. The fourth-order valence-corrected chi connectivity index (χ4v) is 1.72. The Kier molecular flexibility index (Phi) is 6.84. The van der Waals surface area contributed by atoms with Gasteiger partial charge in [-0.25, -0.2) is 0 Å². The average Bonchev–Trinajstić information content (AvgIpc) is 2.38. The molecule has 1 rings (SSSR count). The monoisotopic (exact) mass is 268 g/mol. The van der Waals surface area contributed by atoms with Crippen LogP contribution < -0.4 is 10.9 Å². The van der Waals surface area contributed by atoms with E-state index in [1.165, 1.54) is 10.6 Å². The van der Waals surface area contributed by atoms with Crippen molar-refractivity contribution in [1.29, 1.82) is 0 Å². The van der Waals surface area contributed by atoms with Crippen LogP contribution in [0.15, 0.2) is 29.2 Å². The summed E-state index contributed by atoms with van der Waals surface area (Å²) in [5, 5.41) is 11.6. The van der Waals surface area contributed by atoms with Crippen molar-refractivity contribution >= 4 is 5.91 Å². The zero-order valence-corrected chi connectivity index (χ0v) is 11.0. The third-order valence-electron chi connectivity index (χ3n) is 2.69. The number of rotatable bonds is 8. The Morgan fingerprint density at radius 3 is 2.95 bits per heavy atom. The first kappa shape index (κ1) is 15.4. The van der Waals surface area contributed by atoms with Crippen LogP contribution in [-0.4, -0.2) is 41.9 Å². The van der Waals surface area contributed by atoms with Crippen LogP contribution in [0, 0.1) is 0 Å². The van der Waals surface area contributed by atoms with Crippen LogP contribution in [0.2, 0.25) is 0 Å². The fourth-order valence-electron chi connectivity index (χ4n) is 1.72. The van der Waals surface area contributed by atoms with Crippen LogP contribution in [-0.2, 0) is 16.1 Å². The van der Waals surface area contributed by atoms with Crippen LogP contribution in [0.25, 0.3) is 0 Å². The third kappa shape index (κ3) is 5.67. The van der Waals surface area contributed by atoms with E-state index >= 15 is 0 Å². The lowest BCUT2D eigenvalue weighted by molar-refractivity contribution is -0.122. The summed E-state index contributed by atoms with van der Waals surface area (Å²) in [5.74, 6) is -0.161. The van der Waals surface area contributed by atoms with Gasteiger partial charge in [0.2, 0.25) is 5.91 Å². The number of nitrogens with one attached hydrogen (secondary N) is 1. The van der Waals surface area contributed by atoms with Crippen LogP contribution in [0.1, 0.15) is 12.8 Å². The molecule has 1 amide bonds. The number of hydrogen-bond acceptors (Lipinski definition) is 4. The van der Waals surface area contributed by atoms with E-state index in [9.17, 15) is 9.59 Å². The molecule has 0 aliphatic carbocycles. The van der Waals surface area contributed by atoms with Crippen molar-refractivity contribution in [2.75, 3.05) is 20.3 Å². The Labute approximate surface area is 112 Å². The first-order valence-corrected chi connectivity index (χ1v) is 6.22. The Morgan fingerprint density at radius 1 is 1.53 bits per heavy atom. The molecule has 1 aromatic heterocycles. The molecule has 0 aromatic carbocycles. The van der Waals surface area contributed by atoms with E-state index in [2.05, 4.69) is 5.32 Å². The molecule has 2 N–H and O–H groups in total. The number of nitrogens with zero attached hydrogens (tertiary/aromatic N) is 1. The zero-order valence-electron chi connectivity index (χ0n) is 11.0. The van der Waals surface area contributed by atoms with E-state index in [1.54, 1.807) is 25.4 Å². The van der Waals surface area contributed by atoms with Gasteiger partial charge in [-0.05, 0) is 12.5 Å². The van der Waals surface area contributed by atoms with Gasteiger partial charge in [-0.1, -0.05) is 6.07 Å². The Bertz CT molecular complexity index is 438. The number of aliphatic hydroxyl groups is 1. The topological polar surface area (TPSA) is 80.6 Å². The maximum atomic E-state index is 11.7. The predicted octanol–water partition coefficient (Wildman–Crippen LogP) is -0.248. The quantitative estimate of drug-likeness (QED) is 0.681. The van der Waals surface area contributed by atoms with Crippen molar-refractivity contribution in [1.82, 2.24) is 9.88 Å². The van der Waals surface area contributed by atoms with Crippen molar-refractivity contribution in [3.8, 4) is 0 Å².